The van der Waals surface area contributed by atoms with Gasteiger partial charge < -0.3 is 24.2 Å². The number of ether oxygens (including phenoxy) is 3. The molecule has 8 heteroatoms. The molecule has 0 unspecified atom stereocenters. The molecule has 1 amide bonds. The number of hydrogen-bond acceptors (Lipinski definition) is 7. The first-order chi connectivity index (χ1) is 14.0. The van der Waals surface area contributed by atoms with Gasteiger partial charge in [-0.15, -0.1) is 0 Å². The molecule has 0 spiro atoms. The topological polar surface area (TPSA) is 88.5 Å². The van der Waals surface area contributed by atoms with Gasteiger partial charge in [-0.1, -0.05) is 0 Å². The molecule has 1 atom stereocenters. The molecule has 2 aliphatic rings. The summed E-state index contributed by atoms with van der Waals surface area (Å²) in [5.74, 6) is -0.266. The Bertz CT molecular complexity index is 800. The number of carbonyl (C=O) groups is 2. The predicted molar refractivity (Wildman–Crippen MR) is 106 cm³/mol. The number of methoxy groups -OCH3 is 2. The summed E-state index contributed by atoms with van der Waals surface area (Å²) in [6.45, 7) is 5.72. The van der Waals surface area contributed by atoms with Crippen LogP contribution in [0.3, 0.4) is 0 Å². The van der Waals surface area contributed by atoms with Crippen molar-refractivity contribution in [1.29, 1.82) is 0 Å². The van der Waals surface area contributed by atoms with Crippen LogP contribution in [0.1, 0.15) is 24.9 Å². The second-order valence-corrected chi connectivity index (χ2v) is 7.13. The summed E-state index contributed by atoms with van der Waals surface area (Å²) in [6, 6.07) is 4.51. The minimum absolute atomic E-state index is 0.0907. The highest BCUT2D eigenvalue weighted by Crippen LogP contribution is 2.42. The Morgan fingerprint density at radius 3 is 2.55 bits per heavy atom. The highest BCUT2D eigenvalue weighted by Gasteiger charge is 2.43. The van der Waals surface area contributed by atoms with Gasteiger partial charge in [-0.2, -0.15) is 0 Å². The van der Waals surface area contributed by atoms with E-state index in [0.717, 1.165) is 19.6 Å². The standard InChI is InChI=1S/C21H28N2O6/c1-14(24)18-19(16-13-15(27-2)5-6-17(16)28-3)23(21(26)20(18)25)8-4-7-22-9-11-29-12-10-22/h5-6,13,19,25H,4,7-12H2,1-3H3/t19-/m1/s1. The third kappa shape index (κ3) is 4.38. The first kappa shape index (κ1) is 21.1. The molecule has 29 heavy (non-hydrogen) atoms. The van der Waals surface area contributed by atoms with Crippen molar-refractivity contribution in [3.63, 3.8) is 0 Å². The van der Waals surface area contributed by atoms with Crippen molar-refractivity contribution in [2.75, 3.05) is 53.6 Å². The van der Waals surface area contributed by atoms with E-state index in [1.807, 2.05) is 0 Å². The first-order valence-corrected chi connectivity index (χ1v) is 9.75. The molecule has 1 saturated heterocycles. The lowest BCUT2D eigenvalue weighted by atomic mass is 9.95. The fourth-order valence-corrected chi connectivity index (χ4v) is 3.91. The van der Waals surface area contributed by atoms with E-state index in [1.54, 1.807) is 30.2 Å². The number of morpholine rings is 1. The number of ketones is 1. The summed E-state index contributed by atoms with van der Waals surface area (Å²) in [5.41, 5.74) is 0.703. The average Bonchev–Trinajstić information content (AvgIpc) is 2.99. The third-order valence-electron chi connectivity index (χ3n) is 5.39. The number of amides is 1. The molecule has 2 heterocycles. The third-order valence-corrected chi connectivity index (χ3v) is 5.39. The monoisotopic (exact) mass is 404 g/mol. The molecular weight excluding hydrogens is 376 g/mol. The largest absolute Gasteiger partial charge is 0.503 e. The Kier molecular flexibility index (Phi) is 6.76. The Labute approximate surface area is 170 Å². The maximum atomic E-state index is 12.8. The molecule has 2 aliphatic heterocycles. The summed E-state index contributed by atoms with van der Waals surface area (Å²) < 4.78 is 16.2. The number of rotatable bonds is 8. The lowest BCUT2D eigenvalue weighted by Gasteiger charge is -2.30. The summed E-state index contributed by atoms with van der Waals surface area (Å²) in [5, 5.41) is 10.4. The van der Waals surface area contributed by atoms with Gasteiger partial charge >= 0.3 is 0 Å². The van der Waals surface area contributed by atoms with Crippen molar-refractivity contribution in [1.82, 2.24) is 9.80 Å². The van der Waals surface area contributed by atoms with E-state index in [-0.39, 0.29) is 11.4 Å². The number of Topliss-reactive ketones (excluding diaryl/α,β-unsaturated/α-hetero) is 1. The predicted octanol–water partition coefficient (Wildman–Crippen LogP) is 1.71. The maximum Gasteiger partial charge on any atom is 0.290 e. The molecule has 1 N–H and O–H groups in total. The number of carbonyl (C=O) groups excluding carboxylic acids is 2. The van der Waals surface area contributed by atoms with Crippen LogP contribution in [-0.2, 0) is 14.3 Å². The van der Waals surface area contributed by atoms with Crippen molar-refractivity contribution in [3.05, 3.63) is 35.1 Å². The number of benzene rings is 1. The molecule has 0 aliphatic carbocycles. The zero-order chi connectivity index (χ0) is 21.0. The van der Waals surface area contributed by atoms with Crippen LogP contribution in [0, 0.1) is 0 Å². The Morgan fingerprint density at radius 1 is 1.21 bits per heavy atom. The zero-order valence-corrected chi connectivity index (χ0v) is 17.1. The Balaban J connectivity index is 1.88. The SMILES string of the molecule is COc1ccc(OC)c([C@@H]2C(C(C)=O)=C(O)C(=O)N2CCCN2CCOCC2)c1. The first-order valence-electron chi connectivity index (χ1n) is 9.75. The fraction of sp³-hybridized carbons (Fsp3) is 0.524. The van der Waals surface area contributed by atoms with Gasteiger partial charge in [0.15, 0.2) is 11.5 Å². The summed E-state index contributed by atoms with van der Waals surface area (Å²) in [4.78, 5) is 28.9. The molecule has 3 rings (SSSR count). The smallest absolute Gasteiger partial charge is 0.290 e. The van der Waals surface area contributed by atoms with Crippen LogP contribution in [0.2, 0.25) is 0 Å². The van der Waals surface area contributed by atoms with Gasteiger partial charge in [0.1, 0.15) is 11.5 Å². The van der Waals surface area contributed by atoms with Crippen LogP contribution in [0.5, 0.6) is 11.5 Å². The van der Waals surface area contributed by atoms with Crippen LogP contribution in [0.25, 0.3) is 0 Å². The van der Waals surface area contributed by atoms with Crippen LogP contribution in [-0.4, -0.2) is 80.2 Å². The van der Waals surface area contributed by atoms with Crippen molar-refractivity contribution in [2.24, 2.45) is 0 Å². The highest BCUT2D eigenvalue weighted by atomic mass is 16.5. The van der Waals surface area contributed by atoms with E-state index in [4.69, 9.17) is 14.2 Å². The van der Waals surface area contributed by atoms with E-state index in [9.17, 15) is 14.7 Å². The second kappa shape index (κ2) is 9.28. The van der Waals surface area contributed by atoms with Crippen LogP contribution < -0.4 is 9.47 Å². The average molecular weight is 404 g/mol. The summed E-state index contributed by atoms with van der Waals surface area (Å²) in [7, 11) is 3.08. The van der Waals surface area contributed by atoms with Gasteiger partial charge in [0.05, 0.1) is 39.0 Å². The summed E-state index contributed by atoms with van der Waals surface area (Å²) >= 11 is 0. The second-order valence-electron chi connectivity index (χ2n) is 7.13. The molecule has 8 nitrogen and oxygen atoms in total. The molecule has 158 valence electrons. The highest BCUT2D eigenvalue weighted by molar-refractivity contribution is 6.08. The van der Waals surface area contributed by atoms with Crippen LogP contribution in [0.15, 0.2) is 29.5 Å². The van der Waals surface area contributed by atoms with Gasteiger partial charge in [0.2, 0.25) is 0 Å². The normalized spacial score (nSPS) is 20.3. The minimum Gasteiger partial charge on any atom is -0.503 e. The quantitative estimate of drug-likeness (QED) is 0.706. The molecule has 0 aromatic heterocycles. The number of hydrogen-bond donors (Lipinski definition) is 1. The molecule has 1 aromatic carbocycles. The van der Waals surface area contributed by atoms with Gasteiger partial charge in [0.25, 0.3) is 5.91 Å². The van der Waals surface area contributed by atoms with Gasteiger partial charge in [-0.05, 0) is 31.5 Å². The van der Waals surface area contributed by atoms with Gasteiger partial charge in [0, 0.05) is 31.7 Å². The van der Waals surface area contributed by atoms with Gasteiger partial charge in [-0.25, -0.2) is 0 Å². The van der Waals surface area contributed by atoms with Gasteiger partial charge in [-0.3, -0.25) is 14.5 Å². The maximum absolute atomic E-state index is 12.8. The molecule has 0 saturated carbocycles. The van der Waals surface area contributed by atoms with Crippen LogP contribution >= 0.6 is 0 Å². The number of nitrogens with zero attached hydrogens (tertiary/aromatic N) is 2. The zero-order valence-electron chi connectivity index (χ0n) is 17.1. The Hall–Kier alpha value is -2.58. The number of aliphatic hydroxyl groups excluding tert-OH is 1. The van der Waals surface area contributed by atoms with E-state index in [1.165, 1.54) is 14.0 Å². The van der Waals surface area contributed by atoms with Crippen molar-refractivity contribution in [2.45, 2.75) is 19.4 Å². The molecule has 0 radical (unpaired) electrons. The van der Waals surface area contributed by atoms with E-state index in [0.29, 0.717) is 43.2 Å². The molecule has 1 aromatic rings. The fourth-order valence-electron chi connectivity index (χ4n) is 3.91. The molecule has 0 bridgehead atoms. The van der Waals surface area contributed by atoms with E-state index in [2.05, 4.69) is 4.90 Å². The summed E-state index contributed by atoms with van der Waals surface area (Å²) in [6.07, 6.45) is 0.715. The lowest BCUT2D eigenvalue weighted by Crippen LogP contribution is -2.39. The van der Waals surface area contributed by atoms with E-state index < -0.39 is 17.7 Å². The Morgan fingerprint density at radius 2 is 1.93 bits per heavy atom. The minimum atomic E-state index is -0.713. The molecule has 1 fully saturated rings. The van der Waals surface area contributed by atoms with E-state index >= 15 is 0 Å². The van der Waals surface area contributed by atoms with Crippen molar-refractivity contribution >= 4 is 11.7 Å². The van der Waals surface area contributed by atoms with Crippen molar-refractivity contribution in [3.8, 4) is 11.5 Å². The lowest BCUT2D eigenvalue weighted by molar-refractivity contribution is -0.129. The van der Waals surface area contributed by atoms with Crippen molar-refractivity contribution < 1.29 is 28.9 Å². The number of aliphatic hydroxyl groups is 1. The van der Waals surface area contributed by atoms with Crippen LogP contribution in [0.4, 0.5) is 0 Å². The molecular formula is C21H28N2O6.